The Bertz CT molecular complexity index is 645. The molecule has 3 heteroatoms. The van der Waals surface area contributed by atoms with Crippen molar-refractivity contribution in [2.24, 2.45) is 0 Å². The number of hydrogen-bond acceptors (Lipinski definition) is 2. The van der Waals surface area contributed by atoms with Crippen molar-refractivity contribution in [2.75, 3.05) is 5.32 Å². The molecule has 1 N–H and O–H groups in total. The zero-order valence-electron chi connectivity index (χ0n) is 12.3. The highest BCUT2D eigenvalue weighted by molar-refractivity contribution is 5.95. The summed E-state index contributed by atoms with van der Waals surface area (Å²) in [7, 11) is 0. The molecule has 0 saturated heterocycles. The van der Waals surface area contributed by atoms with E-state index in [0.29, 0.717) is 17.7 Å². The molecule has 0 atom stereocenters. The Morgan fingerprint density at radius 3 is 2.38 bits per heavy atom. The van der Waals surface area contributed by atoms with E-state index in [-0.39, 0.29) is 11.7 Å². The van der Waals surface area contributed by atoms with Gasteiger partial charge in [0.1, 0.15) is 0 Å². The minimum atomic E-state index is -0.0212. The summed E-state index contributed by atoms with van der Waals surface area (Å²) in [6, 6.07) is 15.1. The van der Waals surface area contributed by atoms with E-state index >= 15 is 0 Å². The smallest absolute Gasteiger partial charge is 0.224 e. The molecule has 2 aromatic rings. The SMILES string of the molecule is CC(=O)c1ccc(NC(=O)CCc2cccc(C)c2)cc1. The molecule has 0 heterocycles. The summed E-state index contributed by atoms with van der Waals surface area (Å²) >= 11 is 0. The summed E-state index contributed by atoms with van der Waals surface area (Å²) < 4.78 is 0. The number of benzene rings is 2. The van der Waals surface area contributed by atoms with Crippen LogP contribution in [0.4, 0.5) is 5.69 Å². The van der Waals surface area contributed by atoms with Gasteiger partial charge in [-0.2, -0.15) is 0 Å². The number of carbonyl (C=O) groups excluding carboxylic acids is 2. The predicted molar refractivity (Wildman–Crippen MR) is 84.6 cm³/mol. The highest BCUT2D eigenvalue weighted by Gasteiger charge is 2.04. The number of carbonyl (C=O) groups is 2. The Hall–Kier alpha value is -2.42. The van der Waals surface area contributed by atoms with Crippen LogP contribution in [0.3, 0.4) is 0 Å². The number of hydrogen-bond donors (Lipinski definition) is 1. The number of nitrogens with one attached hydrogen (secondary N) is 1. The quantitative estimate of drug-likeness (QED) is 0.848. The molecule has 0 bridgehead atoms. The van der Waals surface area contributed by atoms with E-state index in [9.17, 15) is 9.59 Å². The van der Waals surface area contributed by atoms with Crippen molar-refractivity contribution in [3.63, 3.8) is 0 Å². The first-order valence-corrected chi connectivity index (χ1v) is 7.01. The van der Waals surface area contributed by atoms with Crippen LogP contribution in [0, 0.1) is 6.92 Å². The van der Waals surface area contributed by atoms with Gasteiger partial charge in [-0.05, 0) is 50.1 Å². The highest BCUT2D eigenvalue weighted by Crippen LogP contribution is 2.12. The molecule has 3 nitrogen and oxygen atoms in total. The third-order valence-electron chi connectivity index (χ3n) is 3.30. The first kappa shape index (κ1) is 15.0. The summed E-state index contributed by atoms with van der Waals surface area (Å²) in [5, 5.41) is 2.84. The monoisotopic (exact) mass is 281 g/mol. The standard InChI is InChI=1S/C18H19NO2/c1-13-4-3-5-15(12-13)6-11-18(21)19-17-9-7-16(8-10-17)14(2)20/h3-5,7-10,12H,6,11H2,1-2H3,(H,19,21). The Morgan fingerprint density at radius 1 is 1.05 bits per heavy atom. The number of ketones is 1. The molecule has 0 aromatic heterocycles. The maximum absolute atomic E-state index is 11.9. The van der Waals surface area contributed by atoms with E-state index < -0.39 is 0 Å². The Kier molecular flexibility index (Phi) is 4.88. The van der Waals surface area contributed by atoms with Gasteiger partial charge in [-0.3, -0.25) is 9.59 Å². The molecule has 0 aliphatic rings. The first-order chi connectivity index (χ1) is 10.0. The topological polar surface area (TPSA) is 46.2 Å². The van der Waals surface area contributed by atoms with Gasteiger partial charge in [-0.25, -0.2) is 0 Å². The van der Waals surface area contributed by atoms with Gasteiger partial charge in [0.2, 0.25) is 5.91 Å². The van der Waals surface area contributed by atoms with E-state index in [1.165, 1.54) is 12.5 Å². The molecule has 0 spiro atoms. The van der Waals surface area contributed by atoms with E-state index in [1.807, 2.05) is 25.1 Å². The van der Waals surface area contributed by atoms with Crippen LogP contribution in [-0.2, 0) is 11.2 Å². The van der Waals surface area contributed by atoms with Crippen molar-refractivity contribution < 1.29 is 9.59 Å². The molecule has 21 heavy (non-hydrogen) atoms. The third-order valence-corrected chi connectivity index (χ3v) is 3.30. The van der Waals surface area contributed by atoms with Crippen molar-refractivity contribution in [1.82, 2.24) is 0 Å². The maximum atomic E-state index is 11.9. The molecule has 108 valence electrons. The van der Waals surface area contributed by atoms with Crippen molar-refractivity contribution in [3.05, 3.63) is 65.2 Å². The second kappa shape index (κ2) is 6.84. The van der Waals surface area contributed by atoms with Gasteiger partial charge in [0.15, 0.2) is 5.78 Å². The van der Waals surface area contributed by atoms with Crippen LogP contribution < -0.4 is 5.32 Å². The first-order valence-electron chi connectivity index (χ1n) is 7.01. The molecule has 2 aromatic carbocycles. The van der Waals surface area contributed by atoms with Gasteiger partial charge >= 0.3 is 0 Å². The second-order valence-electron chi connectivity index (χ2n) is 5.17. The van der Waals surface area contributed by atoms with E-state index in [0.717, 1.165) is 12.0 Å². The lowest BCUT2D eigenvalue weighted by Crippen LogP contribution is -2.12. The fraction of sp³-hybridized carbons (Fsp3) is 0.222. The molecule has 0 unspecified atom stereocenters. The Labute approximate surface area is 125 Å². The molecule has 0 aliphatic carbocycles. The Morgan fingerprint density at radius 2 is 1.76 bits per heavy atom. The highest BCUT2D eigenvalue weighted by atomic mass is 16.1. The van der Waals surface area contributed by atoms with Crippen LogP contribution in [0.25, 0.3) is 0 Å². The molecule has 0 saturated carbocycles. The number of aryl methyl sites for hydroxylation is 2. The summed E-state index contributed by atoms with van der Waals surface area (Å²) in [4.78, 5) is 23.1. The van der Waals surface area contributed by atoms with E-state index in [2.05, 4.69) is 11.4 Å². The van der Waals surface area contributed by atoms with Gasteiger partial charge in [0, 0.05) is 17.7 Å². The molecule has 0 fully saturated rings. The van der Waals surface area contributed by atoms with Crippen LogP contribution in [0.5, 0.6) is 0 Å². The molecular weight excluding hydrogens is 262 g/mol. The predicted octanol–water partition coefficient (Wildman–Crippen LogP) is 3.77. The Balaban J connectivity index is 1.88. The van der Waals surface area contributed by atoms with Crippen molar-refractivity contribution in [1.29, 1.82) is 0 Å². The molecule has 0 aliphatic heterocycles. The van der Waals surface area contributed by atoms with E-state index in [4.69, 9.17) is 0 Å². The number of amides is 1. The lowest BCUT2D eigenvalue weighted by Gasteiger charge is -2.06. The largest absolute Gasteiger partial charge is 0.326 e. The zero-order chi connectivity index (χ0) is 15.2. The molecule has 2 rings (SSSR count). The van der Waals surface area contributed by atoms with Gasteiger partial charge in [-0.1, -0.05) is 29.8 Å². The maximum Gasteiger partial charge on any atom is 0.224 e. The summed E-state index contributed by atoms with van der Waals surface area (Å²) in [6.45, 7) is 3.57. The normalized spacial score (nSPS) is 10.2. The molecular formula is C18H19NO2. The van der Waals surface area contributed by atoms with Gasteiger partial charge in [0.05, 0.1) is 0 Å². The van der Waals surface area contributed by atoms with Crippen LogP contribution in [0.15, 0.2) is 48.5 Å². The minimum Gasteiger partial charge on any atom is -0.326 e. The minimum absolute atomic E-state index is 0.0207. The van der Waals surface area contributed by atoms with Crippen LogP contribution in [0.1, 0.15) is 34.8 Å². The summed E-state index contributed by atoms with van der Waals surface area (Å²) in [6.07, 6.45) is 1.16. The van der Waals surface area contributed by atoms with Crippen molar-refractivity contribution in [2.45, 2.75) is 26.7 Å². The molecule has 1 amide bonds. The summed E-state index contributed by atoms with van der Waals surface area (Å²) in [5.74, 6) is -0.000551. The third kappa shape index (κ3) is 4.56. The number of Topliss-reactive ketones (excluding diaryl/α,β-unsaturated/α-hetero) is 1. The van der Waals surface area contributed by atoms with Crippen LogP contribution in [0.2, 0.25) is 0 Å². The fourth-order valence-electron chi connectivity index (χ4n) is 2.14. The zero-order valence-corrected chi connectivity index (χ0v) is 12.3. The fourth-order valence-corrected chi connectivity index (χ4v) is 2.14. The van der Waals surface area contributed by atoms with Crippen LogP contribution >= 0.6 is 0 Å². The van der Waals surface area contributed by atoms with Crippen molar-refractivity contribution >= 4 is 17.4 Å². The van der Waals surface area contributed by atoms with Crippen molar-refractivity contribution in [3.8, 4) is 0 Å². The van der Waals surface area contributed by atoms with Gasteiger partial charge < -0.3 is 5.32 Å². The van der Waals surface area contributed by atoms with Crippen LogP contribution in [-0.4, -0.2) is 11.7 Å². The number of rotatable bonds is 5. The lowest BCUT2D eigenvalue weighted by molar-refractivity contribution is -0.116. The number of anilines is 1. The second-order valence-corrected chi connectivity index (χ2v) is 5.17. The molecule has 0 radical (unpaired) electrons. The average molecular weight is 281 g/mol. The van der Waals surface area contributed by atoms with Gasteiger partial charge in [-0.15, -0.1) is 0 Å². The van der Waals surface area contributed by atoms with E-state index in [1.54, 1.807) is 24.3 Å². The average Bonchev–Trinajstić information content (AvgIpc) is 2.46. The summed E-state index contributed by atoms with van der Waals surface area (Å²) in [5.41, 5.74) is 3.73. The lowest BCUT2D eigenvalue weighted by atomic mass is 10.1. The van der Waals surface area contributed by atoms with Gasteiger partial charge in [0.25, 0.3) is 0 Å².